The Hall–Kier alpha value is -1.18. The fourth-order valence-corrected chi connectivity index (χ4v) is 2.01. The molecule has 0 atom stereocenters. The first-order valence-electron chi connectivity index (χ1n) is 5.77. The number of fused-ring (bicyclic) bond motifs is 1. The van der Waals surface area contributed by atoms with Crippen LogP contribution in [0.25, 0.3) is 10.9 Å². The van der Waals surface area contributed by atoms with Gasteiger partial charge in [0.2, 0.25) is 0 Å². The first-order valence-corrected chi connectivity index (χ1v) is 5.77. The van der Waals surface area contributed by atoms with E-state index in [1.54, 1.807) is 24.5 Å². The Kier molecular flexibility index (Phi) is 4.95. The van der Waals surface area contributed by atoms with Gasteiger partial charge in [-0.25, -0.2) is 4.79 Å². The van der Waals surface area contributed by atoms with Crippen molar-refractivity contribution in [2.24, 2.45) is 0 Å². The van der Waals surface area contributed by atoms with Crippen molar-refractivity contribution >= 4 is 79.6 Å². The van der Waals surface area contributed by atoms with Crippen LogP contribution in [0.3, 0.4) is 0 Å². The molecule has 6 heteroatoms. The number of aromatic amines is 1. The maximum atomic E-state index is 11.3. The second kappa shape index (κ2) is 6.51. The number of carboxylic acid groups (broad SMARTS) is 1. The molecular formula is C14H12KN3O2. The van der Waals surface area contributed by atoms with Crippen molar-refractivity contribution in [3.63, 3.8) is 0 Å². The number of carbonyl (C=O) groups is 1. The van der Waals surface area contributed by atoms with E-state index >= 15 is 0 Å². The molecule has 0 spiro atoms. The van der Waals surface area contributed by atoms with Gasteiger partial charge in [-0.2, -0.15) is 0 Å². The van der Waals surface area contributed by atoms with E-state index in [0.29, 0.717) is 5.69 Å². The van der Waals surface area contributed by atoms with Crippen molar-refractivity contribution < 1.29 is 9.90 Å². The van der Waals surface area contributed by atoms with E-state index in [4.69, 9.17) is 0 Å². The summed E-state index contributed by atoms with van der Waals surface area (Å²) in [5.41, 5.74) is 2.30. The molecule has 0 unspecified atom stereocenters. The number of H-pyrrole nitrogens is 1. The SMILES string of the molecule is O=C(O)c1[nH]c2ccccc2c1Nc1ccncc1.[KH]. The fraction of sp³-hybridized carbons (Fsp3) is 0. The molecule has 0 amide bonds. The third-order valence-electron chi connectivity index (χ3n) is 2.87. The molecule has 0 bridgehead atoms. The number of benzene rings is 1. The van der Waals surface area contributed by atoms with Gasteiger partial charge < -0.3 is 15.4 Å². The van der Waals surface area contributed by atoms with Crippen LogP contribution in [0.15, 0.2) is 48.8 Å². The summed E-state index contributed by atoms with van der Waals surface area (Å²) >= 11 is 0. The van der Waals surface area contributed by atoms with Crippen LogP contribution in [0.2, 0.25) is 0 Å². The van der Waals surface area contributed by atoms with E-state index in [2.05, 4.69) is 15.3 Å². The van der Waals surface area contributed by atoms with E-state index < -0.39 is 5.97 Å². The standard InChI is InChI=1S/C14H11N3O2.K.H/c18-14(19)13-12(16-9-5-7-15-8-6-9)10-3-1-2-4-11(10)17-13;;/h1-8,17H,(H,15,16)(H,18,19);;. The molecule has 20 heavy (non-hydrogen) atoms. The number of aromatic carboxylic acids is 1. The second-order valence-electron chi connectivity index (χ2n) is 4.09. The van der Waals surface area contributed by atoms with Gasteiger partial charge in [-0.1, -0.05) is 18.2 Å². The summed E-state index contributed by atoms with van der Waals surface area (Å²) in [7, 11) is 0. The average Bonchev–Trinajstić information content (AvgIpc) is 2.79. The number of carboxylic acids is 1. The van der Waals surface area contributed by atoms with Gasteiger partial charge in [0, 0.05) is 29.0 Å². The summed E-state index contributed by atoms with van der Waals surface area (Å²) in [5, 5.41) is 13.2. The second-order valence-corrected chi connectivity index (χ2v) is 4.09. The molecule has 0 aliphatic carbocycles. The minimum atomic E-state index is -0.993. The Morgan fingerprint density at radius 1 is 1.15 bits per heavy atom. The number of rotatable bonds is 3. The molecular weight excluding hydrogens is 281 g/mol. The zero-order valence-electron chi connectivity index (χ0n) is 9.92. The summed E-state index contributed by atoms with van der Waals surface area (Å²) in [4.78, 5) is 18.1. The molecule has 2 aromatic heterocycles. The fourth-order valence-electron chi connectivity index (χ4n) is 2.01. The van der Waals surface area contributed by atoms with Crippen molar-refractivity contribution in [3.8, 4) is 0 Å². The summed E-state index contributed by atoms with van der Waals surface area (Å²) < 4.78 is 0. The molecule has 1 aromatic carbocycles. The number of hydrogen-bond donors (Lipinski definition) is 3. The number of pyridine rings is 1. The van der Waals surface area contributed by atoms with Gasteiger partial charge in [-0.15, -0.1) is 0 Å². The minimum absolute atomic E-state index is 0. The predicted octanol–water partition coefficient (Wildman–Crippen LogP) is 2.36. The number of nitrogens with zero attached hydrogens (tertiary/aromatic N) is 1. The Morgan fingerprint density at radius 2 is 1.85 bits per heavy atom. The van der Waals surface area contributed by atoms with Gasteiger partial charge in [0.1, 0.15) is 5.69 Å². The van der Waals surface area contributed by atoms with Crippen molar-refractivity contribution in [2.75, 3.05) is 5.32 Å². The summed E-state index contributed by atoms with van der Waals surface area (Å²) in [6, 6.07) is 11.0. The molecule has 96 valence electrons. The van der Waals surface area contributed by atoms with E-state index in [9.17, 15) is 9.90 Å². The van der Waals surface area contributed by atoms with Crippen LogP contribution in [0.4, 0.5) is 11.4 Å². The van der Waals surface area contributed by atoms with E-state index in [-0.39, 0.29) is 57.1 Å². The molecule has 0 saturated heterocycles. The Labute approximate surface area is 157 Å². The molecule has 0 aliphatic heterocycles. The number of hydrogen-bond acceptors (Lipinski definition) is 3. The molecule has 0 radical (unpaired) electrons. The molecule has 0 fully saturated rings. The van der Waals surface area contributed by atoms with Crippen molar-refractivity contribution in [1.82, 2.24) is 9.97 Å². The quantitative estimate of drug-likeness (QED) is 0.648. The van der Waals surface area contributed by atoms with Crippen LogP contribution >= 0.6 is 0 Å². The molecule has 0 aliphatic rings. The van der Waals surface area contributed by atoms with Gasteiger partial charge in [-0.3, -0.25) is 4.98 Å². The molecule has 2 heterocycles. The van der Waals surface area contributed by atoms with Crippen LogP contribution < -0.4 is 5.32 Å². The van der Waals surface area contributed by atoms with Crippen LogP contribution in [0.1, 0.15) is 10.5 Å². The molecule has 3 aromatic rings. The zero-order chi connectivity index (χ0) is 13.2. The number of nitrogens with one attached hydrogen (secondary N) is 2. The summed E-state index contributed by atoms with van der Waals surface area (Å²) in [6.07, 6.45) is 3.30. The van der Waals surface area contributed by atoms with Crippen LogP contribution in [-0.2, 0) is 0 Å². The number of anilines is 2. The molecule has 5 nitrogen and oxygen atoms in total. The van der Waals surface area contributed by atoms with E-state index in [1.807, 2.05) is 24.3 Å². The molecule has 3 rings (SSSR count). The van der Waals surface area contributed by atoms with E-state index in [1.165, 1.54) is 0 Å². The third-order valence-corrected chi connectivity index (χ3v) is 2.87. The monoisotopic (exact) mass is 293 g/mol. The van der Waals surface area contributed by atoms with Gasteiger partial charge in [0.25, 0.3) is 0 Å². The van der Waals surface area contributed by atoms with E-state index in [0.717, 1.165) is 16.6 Å². The van der Waals surface area contributed by atoms with Crippen molar-refractivity contribution in [1.29, 1.82) is 0 Å². The Morgan fingerprint density at radius 3 is 2.55 bits per heavy atom. The van der Waals surface area contributed by atoms with Gasteiger partial charge >= 0.3 is 57.4 Å². The van der Waals surface area contributed by atoms with Gasteiger partial charge in [-0.05, 0) is 18.2 Å². The third kappa shape index (κ3) is 2.94. The number of para-hydroxylation sites is 1. The van der Waals surface area contributed by atoms with Crippen molar-refractivity contribution in [2.45, 2.75) is 0 Å². The maximum absolute atomic E-state index is 11.3. The zero-order valence-corrected chi connectivity index (χ0v) is 9.92. The summed E-state index contributed by atoms with van der Waals surface area (Å²) in [6.45, 7) is 0. The molecule has 0 saturated carbocycles. The van der Waals surface area contributed by atoms with Gasteiger partial charge in [0.15, 0.2) is 0 Å². The van der Waals surface area contributed by atoms with Crippen LogP contribution in [0.5, 0.6) is 0 Å². The predicted molar refractivity (Wildman–Crippen MR) is 79.9 cm³/mol. The summed E-state index contributed by atoms with van der Waals surface area (Å²) in [5.74, 6) is -0.993. The Balaban J connectivity index is 0.00000147. The first kappa shape index (κ1) is 15.2. The first-order chi connectivity index (χ1) is 9.25. The van der Waals surface area contributed by atoms with Gasteiger partial charge in [0.05, 0.1) is 5.69 Å². The Bertz CT molecular complexity index is 741. The van der Waals surface area contributed by atoms with Crippen LogP contribution in [0, 0.1) is 0 Å². The number of aromatic nitrogens is 2. The molecule has 3 N–H and O–H groups in total. The topological polar surface area (TPSA) is 78.0 Å². The van der Waals surface area contributed by atoms with Crippen molar-refractivity contribution in [3.05, 3.63) is 54.5 Å². The van der Waals surface area contributed by atoms with Crippen LogP contribution in [-0.4, -0.2) is 72.4 Å². The normalized spacial score (nSPS) is 10.0. The average molecular weight is 293 g/mol.